The van der Waals surface area contributed by atoms with Crippen molar-refractivity contribution in [1.82, 2.24) is 15.3 Å². The van der Waals surface area contributed by atoms with Crippen LogP contribution in [0.25, 0.3) is 0 Å². The summed E-state index contributed by atoms with van der Waals surface area (Å²) in [5, 5.41) is 2.31. The Morgan fingerprint density at radius 1 is 1.39 bits per heavy atom. The highest BCUT2D eigenvalue weighted by molar-refractivity contribution is 5.96. The van der Waals surface area contributed by atoms with Crippen molar-refractivity contribution >= 4 is 11.7 Å². The lowest BCUT2D eigenvalue weighted by molar-refractivity contribution is -0.173. The van der Waals surface area contributed by atoms with Crippen LogP contribution < -0.4 is 11.1 Å². The third kappa shape index (κ3) is 4.95. The van der Waals surface area contributed by atoms with Gasteiger partial charge in [-0.15, -0.1) is 0 Å². The first-order valence-corrected chi connectivity index (χ1v) is 4.89. The Balaban J connectivity index is 2.28. The Morgan fingerprint density at radius 3 is 2.67 bits per heavy atom. The molecule has 1 rings (SSSR count). The summed E-state index contributed by atoms with van der Waals surface area (Å²) in [7, 11) is 0. The van der Waals surface area contributed by atoms with Crippen LogP contribution in [-0.4, -0.2) is 41.8 Å². The highest BCUT2D eigenvalue weighted by atomic mass is 19.4. The fraction of sp³-hybridized carbons (Fsp3) is 0.444. The molecule has 0 saturated heterocycles. The summed E-state index contributed by atoms with van der Waals surface area (Å²) in [6.07, 6.45) is -1.77. The van der Waals surface area contributed by atoms with Gasteiger partial charge in [0.1, 0.15) is 6.61 Å². The summed E-state index contributed by atoms with van der Waals surface area (Å²) in [4.78, 5) is 18.8. The molecule has 0 aromatic carbocycles. The number of ether oxygens (including phenoxy) is 1. The molecule has 0 bridgehead atoms. The quantitative estimate of drug-likeness (QED) is 0.750. The van der Waals surface area contributed by atoms with Crippen molar-refractivity contribution in [1.29, 1.82) is 0 Å². The number of carbonyl (C=O) groups is 1. The lowest BCUT2D eigenvalue weighted by Crippen LogP contribution is -2.30. The van der Waals surface area contributed by atoms with Crippen LogP contribution >= 0.6 is 0 Å². The van der Waals surface area contributed by atoms with E-state index in [1.807, 2.05) is 0 Å². The lowest BCUT2D eigenvalue weighted by Gasteiger charge is -2.08. The Bertz CT molecular complexity index is 411. The fourth-order valence-corrected chi connectivity index (χ4v) is 1.03. The molecule has 18 heavy (non-hydrogen) atoms. The predicted octanol–water partition coefficient (Wildman–Crippen LogP) is 0.367. The van der Waals surface area contributed by atoms with E-state index < -0.39 is 18.7 Å². The molecule has 0 radical (unpaired) electrons. The average Bonchev–Trinajstić information content (AvgIpc) is 2.27. The van der Waals surface area contributed by atoms with Gasteiger partial charge in [-0.3, -0.25) is 4.79 Å². The topological polar surface area (TPSA) is 90.1 Å². The highest BCUT2D eigenvalue weighted by Crippen LogP contribution is 2.13. The molecule has 1 aromatic rings. The molecule has 0 spiro atoms. The second-order valence-electron chi connectivity index (χ2n) is 3.21. The number of amides is 1. The number of nitrogens with zero attached hydrogens (tertiary/aromatic N) is 2. The Hall–Kier alpha value is -1.90. The summed E-state index contributed by atoms with van der Waals surface area (Å²) >= 11 is 0. The van der Waals surface area contributed by atoms with E-state index in [2.05, 4.69) is 20.0 Å². The van der Waals surface area contributed by atoms with Gasteiger partial charge in [0.25, 0.3) is 5.91 Å². The molecular weight excluding hydrogens is 253 g/mol. The van der Waals surface area contributed by atoms with Gasteiger partial charge >= 0.3 is 6.18 Å². The maximum absolute atomic E-state index is 11.7. The number of carbonyl (C=O) groups excluding carboxylic acids is 1. The van der Waals surface area contributed by atoms with Gasteiger partial charge in [0.2, 0.25) is 0 Å². The standard InChI is InChI=1S/C9H11F3N4O2/c10-9(11,12)5-18-4-3-16-8(17)6-7(13)15-2-1-14-6/h1-2H,3-5H2,(H2,13,15)(H,16,17). The van der Waals surface area contributed by atoms with E-state index in [4.69, 9.17) is 5.73 Å². The zero-order valence-corrected chi connectivity index (χ0v) is 9.20. The third-order valence-electron chi connectivity index (χ3n) is 1.74. The van der Waals surface area contributed by atoms with Crippen LogP contribution in [0.5, 0.6) is 0 Å². The van der Waals surface area contributed by atoms with Crippen molar-refractivity contribution in [2.45, 2.75) is 6.18 Å². The van der Waals surface area contributed by atoms with Crippen LogP contribution in [0.15, 0.2) is 12.4 Å². The zero-order valence-electron chi connectivity index (χ0n) is 9.20. The van der Waals surface area contributed by atoms with E-state index in [0.29, 0.717) is 0 Å². The van der Waals surface area contributed by atoms with E-state index in [1.54, 1.807) is 0 Å². The van der Waals surface area contributed by atoms with Crippen LogP contribution in [0, 0.1) is 0 Å². The van der Waals surface area contributed by atoms with Crippen LogP contribution in [0.1, 0.15) is 10.5 Å². The number of hydrogen-bond acceptors (Lipinski definition) is 5. The lowest BCUT2D eigenvalue weighted by atomic mass is 10.4. The fourth-order valence-electron chi connectivity index (χ4n) is 1.03. The summed E-state index contributed by atoms with van der Waals surface area (Å²) < 4.78 is 39.4. The molecule has 1 amide bonds. The van der Waals surface area contributed by atoms with Gasteiger partial charge in [-0.25, -0.2) is 9.97 Å². The number of alkyl halides is 3. The van der Waals surface area contributed by atoms with Crippen LogP contribution in [-0.2, 0) is 4.74 Å². The van der Waals surface area contributed by atoms with Gasteiger partial charge < -0.3 is 15.8 Å². The van der Waals surface area contributed by atoms with Crippen molar-refractivity contribution in [2.24, 2.45) is 0 Å². The van der Waals surface area contributed by atoms with E-state index in [9.17, 15) is 18.0 Å². The maximum Gasteiger partial charge on any atom is 0.411 e. The second kappa shape index (κ2) is 6.15. The van der Waals surface area contributed by atoms with Crippen molar-refractivity contribution < 1.29 is 22.7 Å². The van der Waals surface area contributed by atoms with Gasteiger partial charge in [0, 0.05) is 18.9 Å². The Labute approximate surface area is 100 Å². The Morgan fingerprint density at radius 2 is 2.06 bits per heavy atom. The van der Waals surface area contributed by atoms with Crippen LogP contribution in [0.4, 0.5) is 19.0 Å². The number of anilines is 1. The van der Waals surface area contributed by atoms with E-state index >= 15 is 0 Å². The number of hydrogen-bond donors (Lipinski definition) is 2. The van der Waals surface area contributed by atoms with Gasteiger partial charge in [0.15, 0.2) is 11.5 Å². The first kappa shape index (κ1) is 14.2. The van der Waals surface area contributed by atoms with E-state index in [-0.39, 0.29) is 24.7 Å². The molecule has 0 atom stereocenters. The summed E-state index contributed by atoms with van der Waals surface area (Å²) in [5.41, 5.74) is 5.32. The molecular formula is C9H11F3N4O2. The minimum atomic E-state index is -4.38. The number of aromatic nitrogens is 2. The first-order valence-electron chi connectivity index (χ1n) is 4.89. The predicted molar refractivity (Wildman–Crippen MR) is 55.7 cm³/mol. The normalized spacial score (nSPS) is 11.3. The summed E-state index contributed by atoms with van der Waals surface area (Å²) in [6, 6.07) is 0. The summed E-state index contributed by atoms with van der Waals surface area (Å²) in [6.45, 7) is -1.69. The molecule has 0 aliphatic rings. The van der Waals surface area contributed by atoms with Crippen molar-refractivity contribution in [3.63, 3.8) is 0 Å². The average molecular weight is 264 g/mol. The number of nitrogens with one attached hydrogen (secondary N) is 1. The van der Waals surface area contributed by atoms with E-state index in [1.165, 1.54) is 12.4 Å². The van der Waals surface area contributed by atoms with Crippen LogP contribution in [0.3, 0.4) is 0 Å². The highest BCUT2D eigenvalue weighted by Gasteiger charge is 2.27. The van der Waals surface area contributed by atoms with Gasteiger partial charge in [-0.1, -0.05) is 0 Å². The number of nitrogens with two attached hydrogens (primary N) is 1. The van der Waals surface area contributed by atoms with Gasteiger partial charge in [-0.2, -0.15) is 13.2 Å². The molecule has 9 heteroatoms. The SMILES string of the molecule is Nc1nccnc1C(=O)NCCOCC(F)(F)F. The summed E-state index contributed by atoms with van der Waals surface area (Å²) in [5.74, 6) is -0.664. The van der Waals surface area contributed by atoms with Crippen molar-refractivity contribution in [3.8, 4) is 0 Å². The van der Waals surface area contributed by atoms with Crippen molar-refractivity contribution in [3.05, 3.63) is 18.1 Å². The molecule has 3 N–H and O–H groups in total. The minimum absolute atomic E-state index is 0.0498. The molecule has 0 aliphatic carbocycles. The smallest absolute Gasteiger partial charge is 0.382 e. The van der Waals surface area contributed by atoms with Gasteiger partial charge in [0.05, 0.1) is 6.61 Å². The monoisotopic (exact) mass is 264 g/mol. The van der Waals surface area contributed by atoms with Crippen molar-refractivity contribution in [2.75, 3.05) is 25.5 Å². The number of rotatable bonds is 5. The molecule has 100 valence electrons. The minimum Gasteiger partial charge on any atom is -0.382 e. The van der Waals surface area contributed by atoms with Gasteiger partial charge in [-0.05, 0) is 0 Å². The zero-order chi connectivity index (χ0) is 13.6. The molecule has 1 heterocycles. The van der Waals surface area contributed by atoms with E-state index in [0.717, 1.165) is 0 Å². The third-order valence-corrected chi connectivity index (χ3v) is 1.74. The molecule has 0 fully saturated rings. The Kier molecular flexibility index (Phi) is 4.84. The van der Waals surface area contributed by atoms with Crippen LogP contribution in [0.2, 0.25) is 0 Å². The molecule has 0 aliphatic heterocycles. The number of nitrogen functional groups attached to an aromatic ring is 1. The number of halogens is 3. The molecule has 1 aromatic heterocycles. The first-order chi connectivity index (χ1) is 8.40. The second-order valence-corrected chi connectivity index (χ2v) is 3.21. The largest absolute Gasteiger partial charge is 0.411 e. The molecule has 0 saturated carbocycles. The molecule has 0 unspecified atom stereocenters. The molecule has 6 nitrogen and oxygen atoms in total. The maximum atomic E-state index is 11.7.